The first-order valence-corrected chi connectivity index (χ1v) is 10.8. The maximum atomic E-state index is 12.5. The van der Waals surface area contributed by atoms with E-state index in [-0.39, 0.29) is 17.1 Å². The molecule has 1 saturated heterocycles. The number of amides is 1. The molecule has 0 aromatic heterocycles. The van der Waals surface area contributed by atoms with Crippen molar-refractivity contribution in [3.8, 4) is 0 Å². The fourth-order valence-corrected chi connectivity index (χ4v) is 4.86. The van der Waals surface area contributed by atoms with Crippen molar-refractivity contribution in [3.63, 3.8) is 0 Å². The molecule has 1 fully saturated rings. The van der Waals surface area contributed by atoms with Gasteiger partial charge in [-0.1, -0.05) is 44.5 Å². The van der Waals surface area contributed by atoms with Gasteiger partial charge in [-0.05, 0) is 47.7 Å². The Kier molecular flexibility index (Phi) is 5.23. The van der Waals surface area contributed by atoms with Crippen molar-refractivity contribution >= 4 is 38.9 Å². The molecule has 0 saturated carbocycles. The summed E-state index contributed by atoms with van der Waals surface area (Å²) in [6.45, 7) is 6.74. The summed E-state index contributed by atoms with van der Waals surface area (Å²) in [7, 11) is -3.34. The molecule has 0 aliphatic carbocycles. The van der Waals surface area contributed by atoms with Crippen LogP contribution in [-0.2, 0) is 15.4 Å². The van der Waals surface area contributed by atoms with Gasteiger partial charge in [-0.3, -0.25) is 9.10 Å². The number of halogens is 1. The van der Waals surface area contributed by atoms with Crippen molar-refractivity contribution < 1.29 is 13.2 Å². The van der Waals surface area contributed by atoms with E-state index in [1.807, 2.05) is 12.1 Å². The third-order valence-corrected chi connectivity index (χ3v) is 6.76. The van der Waals surface area contributed by atoms with Crippen molar-refractivity contribution in [3.05, 3.63) is 58.6 Å². The first kappa shape index (κ1) is 19.7. The van der Waals surface area contributed by atoms with Gasteiger partial charge in [-0.2, -0.15) is 0 Å². The van der Waals surface area contributed by atoms with E-state index in [4.69, 9.17) is 11.6 Å². The second kappa shape index (κ2) is 7.17. The average molecular weight is 407 g/mol. The summed E-state index contributed by atoms with van der Waals surface area (Å²) >= 11 is 6.20. The van der Waals surface area contributed by atoms with Gasteiger partial charge in [0, 0.05) is 17.8 Å². The summed E-state index contributed by atoms with van der Waals surface area (Å²) in [5.74, 6) is -0.145. The van der Waals surface area contributed by atoms with Crippen LogP contribution in [0.4, 0.5) is 11.4 Å². The van der Waals surface area contributed by atoms with Gasteiger partial charge in [0.05, 0.1) is 16.5 Å². The van der Waals surface area contributed by atoms with E-state index >= 15 is 0 Å². The highest BCUT2D eigenvalue weighted by atomic mass is 35.5. The Balaban J connectivity index is 1.82. The number of nitrogens with zero attached hydrogens (tertiary/aromatic N) is 1. The molecule has 2 aromatic carbocycles. The van der Waals surface area contributed by atoms with Gasteiger partial charge in [-0.25, -0.2) is 8.42 Å². The smallest absolute Gasteiger partial charge is 0.255 e. The average Bonchev–Trinajstić information content (AvgIpc) is 2.95. The molecule has 5 nitrogen and oxygen atoms in total. The number of benzene rings is 2. The number of carbonyl (C=O) groups is 1. The number of rotatable bonds is 3. The van der Waals surface area contributed by atoms with Crippen LogP contribution < -0.4 is 9.62 Å². The van der Waals surface area contributed by atoms with Crippen LogP contribution in [0.1, 0.15) is 43.1 Å². The SMILES string of the molecule is CC(C)(C)c1ccc(C(=O)Nc2ccc(Cl)c(N3CCCS3(=O)=O)c2)cc1. The zero-order chi connectivity index (χ0) is 19.8. The van der Waals surface area contributed by atoms with Gasteiger partial charge in [0.15, 0.2) is 0 Å². The molecule has 1 heterocycles. The molecule has 0 atom stereocenters. The van der Waals surface area contributed by atoms with Crippen molar-refractivity contribution in [2.24, 2.45) is 0 Å². The van der Waals surface area contributed by atoms with Gasteiger partial charge in [0.1, 0.15) is 0 Å². The molecule has 0 radical (unpaired) electrons. The second-order valence-corrected chi connectivity index (χ2v) is 10.1. The Hall–Kier alpha value is -2.05. The van der Waals surface area contributed by atoms with Gasteiger partial charge in [-0.15, -0.1) is 0 Å². The minimum absolute atomic E-state index is 0.0152. The highest BCUT2D eigenvalue weighted by Crippen LogP contribution is 2.33. The van der Waals surface area contributed by atoms with Crippen LogP contribution in [0.25, 0.3) is 0 Å². The molecule has 1 aliphatic heterocycles. The molecule has 3 rings (SSSR count). The summed E-state index contributed by atoms with van der Waals surface area (Å²) in [6, 6.07) is 12.3. The van der Waals surface area contributed by atoms with Crippen molar-refractivity contribution in [2.75, 3.05) is 21.9 Å². The lowest BCUT2D eigenvalue weighted by Crippen LogP contribution is -2.25. The molecule has 7 heteroatoms. The quantitative estimate of drug-likeness (QED) is 0.819. The topological polar surface area (TPSA) is 66.5 Å². The molecule has 1 N–H and O–H groups in total. The normalized spacial score (nSPS) is 16.4. The van der Waals surface area contributed by atoms with Crippen LogP contribution >= 0.6 is 11.6 Å². The predicted molar refractivity (Wildman–Crippen MR) is 110 cm³/mol. The van der Waals surface area contributed by atoms with Gasteiger partial charge in [0.25, 0.3) is 5.91 Å². The number of sulfonamides is 1. The molecule has 0 bridgehead atoms. The minimum atomic E-state index is -3.34. The van der Waals surface area contributed by atoms with Crippen LogP contribution in [0.5, 0.6) is 0 Å². The minimum Gasteiger partial charge on any atom is -0.322 e. The highest BCUT2D eigenvalue weighted by Gasteiger charge is 2.30. The standard InChI is InChI=1S/C20H23ClN2O3S/c1-20(2,3)15-7-5-14(6-8-15)19(24)22-16-9-10-17(21)18(13-16)23-11-4-12-27(23,25)26/h5-10,13H,4,11-12H2,1-3H3,(H,22,24). The molecule has 0 unspecified atom stereocenters. The molecular weight excluding hydrogens is 384 g/mol. The van der Waals surface area contributed by atoms with Crippen LogP contribution in [0.15, 0.2) is 42.5 Å². The summed E-state index contributed by atoms with van der Waals surface area (Å²) in [5.41, 5.74) is 2.60. The Labute approximate surface area is 165 Å². The lowest BCUT2D eigenvalue weighted by Gasteiger charge is -2.20. The van der Waals surface area contributed by atoms with E-state index in [0.717, 1.165) is 5.56 Å². The van der Waals surface area contributed by atoms with Crippen molar-refractivity contribution in [2.45, 2.75) is 32.6 Å². The number of hydrogen-bond acceptors (Lipinski definition) is 3. The lowest BCUT2D eigenvalue weighted by atomic mass is 9.87. The Morgan fingerprint density at radius 1 is 1.11 bits per heavy atom. The van der Waals surface area contributed by atoms with E-state index in [1.54, 1.807) is 30.3 Å². The number of carbonyl (C=O) groups excluding carboxylic acids is 1. The maximum Gasteiger partial charge on any atom is 0.255 e. The molecular formula is C20H23ClN2O3S. The van der Waals surface area contributed by atoms with Crippen LogP contribution in [0.3, 0.4) is 0 Å². The third-order valence-electron chi connectivity index (χ3n) is 4.59. The van der Waals surface area contributed by atoms with E-state index in [1.165, 1.54) is 4.31 Å². The second-order valence-electron chi connectivity index (χ2n) is 7.69. The predicted octanol–water partition coefficient (Wildman–Crippen LogP) is 4.43. The van der Waals surface area contributed by atoms with Crippen LogP contribution in [0.2, 0.25) is 5.02 Å². The van der Waals surface area contributed by atoms with E-state index < -0.39 is 10.0 Å². The van der Waals surface area contributed by atoms with Crippen molar-refractivity contribution in [1.29, 1.82) is 0 Å². The van der Waals surface area contributed by atoms with Crippen LogP contribution in [0, 0.1) is 0 Å². The van der Waals surface area contributed by atoms with E-state index in [9.17, 15) is 13.2 Å². The van der Waals surface area contributed by atoms with E-state index in [0.29, 0.717) is 34.9 Å². The Morgan fingerprint density at radius 2 is 1.78 bits per heavy atom. The third kappa shape index (κ3) is 4.28. The first-order chi connectivity index (χ1) is 12.6. The van der Waals surface area contributed by atoms with Crippen molar-refractivity contribution in [1.82, 2.24) is 0 Å². The summed E-state index contributed by atoms with van der Waals surface area (Å²) in [6.07, 6.45) is 0.565. The van der Waals surface area contributed by atoms with E-state index in [2.05, 4.69) is 26.1 Å². The molecule has 2 aromatic rings. The first-order valence-electron chi connectivity index (χ1n) is 8.80. The Morgan fingerprint density at radius 3 is 2.33 bits per heavy atom. The maximum absolute atomic E-state index is 12.5. The zero-order valence-corrected chi connectivity index (χ0v) is 17.2. The fourth-order valence-electron chi connectivity index (χ4n) is 3.02. The zero-order valence-electron chi connectivity index (χ0n) is 15.6. The van der Waals surface area contributed by atoms with Crippen LogP contribution in [-0.4, -0.2) is 26.6 Å². The molecule has 144 valence electrons. The summed E-state index contributed by atoms with van der Waals surface area (Å²) < 4.78 is 25.6. The van der Waals surface area contributed by atoms with Gasteiger partial charge in [0.2, 0.25) is 10.0 Å². The monoisotopic (exact) mass is 406 g/mol. The highest BCUT2D eigenvalue weighted by molar-refractivity contribution is 7.93. The molecule has 1 amide bonds. The molecule has 27 heavy (non-hydrogen) atoms. The summed E-state index contributed by atoms with van der Waals surface area (Å²) in [4.78, 5) is 12.5. The molecule has 1 aliphatic rings. The van der Waals surface area contributed by atoms with Gasteiger partial charge < -0.3 is 5.32 Å². The van der Waals surface area contributed by atoms with Gasteiger partial charge >= 0.3 is 0 Å². The Bertz CT molecular complexity index is 964. The number of anilines is 2. The fraction of sp³-hybridized carbons (Fsp3) is 0.350. The number of hydrogen-bond donors (Lipinski definition) is 1. The summed E-state index contributed by atoms with van der Waals surface area (Å²) in [5, 5.41) is 3.16. The largest absolute Gasteiger partial charge is 0.322 e. The number of nitrogens with one attached hydrogen (secondary N) is 1. The lowest BCUT2D eigenvalue weighted by molar-refractivity contribution is 0.102. The molecule has 0 spiro atoms.